The van der Waals surface area contributed by atoms with Gasteiger partial charge in [-0.3, -0.25) is 10.0 Å². The highest BCUT2D eigenvalue weighted by Crippen LogP contribution is 3.02. The third-order valence-electron chi connectivity index (χ3n) is 4.04. The molecule has 0 fully saturated rings. The minimum atomic E-state index is -10.2. The monoisotopic (exact) mass is 520 g/mol. The lowest BCUT2D eigenvalue weighted by Gasteiger charge is -2.41. The predicted molar refractivity (Wildman–Crippen MR) is 93.0 cm³/mol. The number of hydrogen-bond donors (Lipinski definition) is 3. The normalized spacial score (nSPS) is 19.5. The number of rotatable bonds is 9. The molecule has 190 valence electrons. The van der Waals surface area contributed by atoms with Crippen molar-refractivity contribution in [3.63, 3.8) is 0 Å². The molecule has 1 aliphatic heterocycles. The van der Waals surface area contributed by atoms with E-state index in [2.05, 4.69) is 14.4 Å². The second-order valence-electron chi connectivity index (χ2n) is 6.63. The first kappa shape index (κ1) is 27.0. The first-order valence-corrected chi connectivity index (χ1v) is 10.4. The summed E-state index contributed by atoms with van der Waals surface area (Å²) in [6, 6.07) is -0.202. The maximum atomic E-state index is 13.5. The maximum Gasteiger partial charge on any atom is 0.430 e. The summed E-state index contributed by atoms with van der Waals surface area (Å²) in [5, 5.41) is 18.7. The van der Waals surface area contributed by atoms with E-state index in [1.165, 1.54) is 5.64 Å². The molecule has 1 aromatic carbocycles. The third-order valence-corrected chi connectivity index (χ3v) is 5.17. The van der Waals surface area contributed by atoms with E-state index >= 15 is 0 Å². The number of esters is 1. The molecular formula is C15H16F8N2O7S. The number of benzene rings is 1. The minimum absolute atomic E-state index is 0.0585. The number of ether oxygens (including phenoxy) is 2. The first-order valence-electron chi connectivity index (χ1n) is 8.48. The van der Waals surface area contributed by atoms with Gasteiger partial charge in [-0.2, -0.15) is 13.2 Å². The summed E-state index contributed by atoms with van der Waals surface area (Å²) in [7, 11) is -10.2. The SMILES string of the molecule is Cc1cc(S(F)(F)(F)(F)F)cc2c1O[C@H](C(F)(F)F)C(C(=O)OC(CONO)CO[NH2+][O-])=C2. The Morgan fingerprint density at radius 2 is 1.91 bits per heavy atom. The van der Waals surface area contributed by atoms with Gasteiger partial charge >= 0.3 is 22.4 Å². The molecular weight excluding hydrogens is 504 g/mol. The summed E-state index contributed by atoms with van der Waals surface area (Å²) < 4.78 is 116. The van der Waals surface area contributed by atoms with Crippen LogP contribution >= 0.6 is 10.2 Å². The molecule has 0 aliphatic carbocycles. The summed E-state index contributed by atoms with van der Waals surface area (Å²) in [4.78, 5) is 18.6. The summed E-state index contributed by atoms with van der Waals surface area (Å²) >= 11 is 0. The zero-order chi connectivity index (χ0) is 25.3. The number of aryl methyl sites for hydroxylation is 1. The molecule has 2 atom stereocenters. The summed E-state index contributed by atoms with van der Waals surface area (Å²) in [5.41, 5.74) is -1.86. The molecule has 0 spiro atoms. The Bertz CT molecular complexity index is 931. The van der Waals surface area contributed by atoms with Crippen molar-refractivity contribution in [2.75, 3.05) is 13.2 Å². The van der Waals surface area contributed by atoms with Crippen LogP contribution in [0.1, 0.15) is 11.1 Å². The van der Waals surface area contributed by atoms with Gasteiger partial charge in [-0.15, -0.1) is 0 Å². The van der Waals surface area contributed by atoms with Crippen LogP contribution in [0.15, 0.2) is 22.6 Å². The van der Waals surface area contributed by atoms with E-state index in [0.29, 0.717) is 0 Å². The van der Waals surface area contributed by atoms with Gasteiger partial charge in [0.15, 0.2) is 6.10 Å². The lowest BCUT2D eigenvalue weighted by molar-refractivity contribution is -0.851. The van der Waals surface area contributed by atoms with E-state index in [1.54, 1.807) is 0 Å². The van der Waals surface area contributed by atoms with Crippen molar-refractivity contribution in [3.05, 3.63) is 34.0 Å². The second kappa shape index (κ2) is 8.53. The zero-order valence-corrected chi connectivity index (χ0v) is 17.0. The summed E-state index contributed by atoms with van der Waals surface area (Å²) in [6.45, 7) is -0.667. The standard InChI is InChI=1S/C15H16F8N2O7S/c1-7-2-10(33(19,20,21,22)23)3-8-4-11(13(15(16,17)18)32-12(7)8)14(26)31-9(5-29-24-27)6-30-25-28/h2-4,9,13,24,27H,5-6,25H2,1H3/t9?,13-/m0/s1. The molecule has 1 unspecified atom stereocenters. The number of fused-ring (bicyclic) bond motifs is 1. The summed E-state index contributed by atoms with van der Waals surface area (Å²) in [6.07, 6.45) is -9.60. The van der Waals surface area contributed by atoms with Gasteiger partial charge in [-0.25, -0.2) is 15.3 Å². The number of halogens is 8. The maximum absolute atomic E-state index is 13.5. The fourth-order valence-corrected chi connectivity index (χ4v) is 3.45. The molecule has 0 saturated heterocycles. The van der Waals surface area contributed by atoms with Gasteiger partial charge in [0.25, 0.3) is 0 Å². The third kappa shape index (κ3) is 6.88. The molecule has 9 nitrogen and oxygen atoms in total. The lowest BCUT2D eigenvalue weighted by atomic mass is 9.99. The molecule has 1 aliphatic rings. The smallest absolute Gasteiger partial charge is 0.430 e. The Labute approximate surface area is 179 Å². The van der Waals surface area contributed by atoms with E-state index < -0.39 is 75.1 Å². The lowest BCUT2D eigenvalue weighted by Crippen LogP contribution is -2.77. The van der Waals surface area contributed by atoms with E-state index in [1.807, 2.05) is 0 Å². The quantitative estimate of drug-likeness (QED) is 0.258. The van der Waals surface area contributed by atoms with Crippen LogP contribution < -0.4 is 16.0 Å². The molecule has 0 saturated carbocycles. The number of nitrogens with two attached hydrogens (primary N) is 1. The van der Waals surface area contributed by atoms with Gasteiger partial charge in [-0.1, -0.05) is 25.1 Å². The Hall–Kier alpha value is -2.22. The van der Waals surface area contributed by atoms with E-state index in [-0.39, 0.29) is 23.9 Å². The molecule has 18 heteroatoms. The Kier molecular flexibility index (Phi) is 6.98. The molecule has 0 bridgehead atoms. The molecule has 2 rings (SSSR count). The zero-order valence-electron chi connectivity index (χ0n) is 16.2. The average molecular weight is 520 g/mol. The van der Waals surface area contributed by atoms with Gasteiger partial charge < -0.3 is 14.7 Å². The van der Waals surface area contributed by atoms with E-state index in [4.69, 9.17) is 9.94 Å². The van der Waals surface area contributed by atoms with Crippen molar-refractivity contribution < 1.29 is 67.4 Å². The van der Waals surface area contributed by atoms with Crippen molar-refractivity contribution in [2.24, 2.45) is 0 Å². The Balaban J connectivity index is 2.53. The van der Waals surface area contributed by atoms with Crippen LogP contribution in [-0.4, -0.2) is 42.8 Å². The number of carbonyl (C=O) groups is 1. The number of nitrogens with one attached hydrogen (secondary N) is 1. The summed E-state index contributed by atoms with van der Waals surface area (Å²) in [5.74, 6) is -2.59. The minimum Gasteiger partial charge on any atom is -0.601 e. The highest BCUT2D eigenvalue weighted by Gasteiger charge is 2.65. The van der Waals surface area contributed by atoms with Crippen LogP contribution in [-0.2, 0) is 19.2 Å². The molecule has 0 amide bonds. The number of alkyl halides is 3. The van der Waals surface area contributed by atoms with Crippen LogP contribution in [0.2, 0.25) is 0 Å². The van der Waals surface area contributed by atoms with Crippen LogP contribution in [0.4, 0.5) is 32.6 Å². The van der Waals surface area contributed by atoms with Crippen molar-refractivity contribution in [1.82, 2.24) is 5.64 Å². The highest BCUT2D eigenvalue weighted by atomic mass is 32.5. The van der Waals surface area contributed by atoms with Crippen LogP contribution in [0.5, 0.6) is 5.75 Å². The molecule has 4 N–H and O–H groups in total. The highest BCUT2D eigenvalue weighted by molar-refractivity contribution is 8.45. The molecule has 1 heterocycles. The molecule has 0 radical (unpaired) electrons. The molecule has 0 aromatic heterocycles. The van der Waals surface area contributed by atoms with Crippen LogP contribution in [0, 0.1) is 12.1 Å². The van der Waals surface area contributed by atoms with Crippen LogP contribution in [0.3, 0.4) is 0 Å². The molecule has 1 aromatic rings. The second-order valence-corrected chi connectivity index (χ2v) is 9.04. The van der Waals surface area contributed by atoms with Crippen molar-refractivity contribution in [2.45, 2.75) is 30.2 Å². The van der Waals surface area contributed by atoms with Gasteiger partial charge in [0, 0.05) is 5.56 Å². The van der Waals surface area contributed by atoms with E-state index in [0.717, 1.165) is 6.92 Å². The number of hydrogen-bond acceptors (Lipinski definition) is 8. The fraction of sp³-hybridized carbons (Fsp3) is 0.400. The molecule has 33 heavy (non-hydrogen) atoms. The number of quaternary nitrogens is 1. The van der Waals surface area contributed by atoms with Gasteiger partial charge in [0.1, 0.15) is 23.9 Å². The fourth-order valence-electron chi connectivity index (χ4n) is 2.70. The Morgan fingerprint density at radius 3 is 2.42 bits per heavy atom. The van der Waals surface area contributed by atoms with Gasteiger partial charge in [0.2, 0.25) is 6.10 Å². The van der Waals surface area contributed by atoms with Gasteiger partial charge in [-0.05, 0) is 30.7 Å². The van der Waals surface area contributed by atoms with E-state index in [9.17, 15) is 42.6 Å². The van der Waals surface area contributed by atoms with Crippen LogP contribution in [0.25, 0.3) is 6.08 Å². The van der Waals surface area contributed by atoms with Crippen molar-refractivity contribution >= 4 is 22.3 Å². The Morgan fingerprint density at radius 1 is 1.27 bits per heavy atom. The van der Waals surface area contributed by atoms with Crippen molar-refractivity contribution in [3.8, 4) is 5.75 Å². The first-order chi connectivity index (χ1) is 14.9. The van der Waals surface area contributed by atoms with Crippen molar-refractivity contribution in [1.29, 1.82) is 0 Å². The predicted octanol–water partition coefficient (Wildman–Crippen LogP) is 3.17. The number of carbonyl (C=O) groups excluding carboxylic acids is 1. The average Bonchev–Trinajstić information content (AvgIpc) is 2.66. The topological polar surface area (TPSA) is 126 Å². The van der Waals surface area contributed by atoms with Gasteiger partial charge in [0.05, 0.1) is 5.57 Å². The largest absolute Gasteiger partial charge is 0.601 e.